The van der Waals surface area contributed by atoms with E-state index in [0.717, 1.165) is 11.8 Å². The van der Waals surface area contributed by atoms with Crippen LogP contribution in [0.4, 0.5) is 0 Å². The molecule has 0 radical (unpaired) electrons. The van der Waals surface area contributed by atoms with Crippen LogP contribution in [-0.4, -0.2) is 0 Å². The van der Waals surface area contributed by atoms with Gasteiger partial charge in [0.25, 0.3) is 0 Å². The summed E-state index contributed by atoms with van der Waals surface area (Å²) in [5, 5.41) is 0. The normalized spacial score (nSPS) is 55.5. The Bertz CT molecular complexity index is 534. The van der Waals surface area contributed by atoms with E-state index in [1.54, 1.807) is 0 Å². The highest BCUT2D eigenvalue weighted by Gasteiger charge is 2.65. The Kier molecular flexibility index (Phi) is 4.29. The molecular weight excluding hydrogens is 300 g/mol. The van der Waals surface area contributed by atoms with Crippen molar-refractivity contribution >= 4 is 0 Å². The van der Waals surface area contributed by atoms with E-state index in [1.807, 2.05) is 0 Å². The lowest BCUT2D eigenvalue weighted by molar-refractivity contribution is -0.0410. The van der Waals surface area contributed by atoms with Crippen LogP contribution >= 0.6 is 0 Å². The van der Waals surface area contributed by atoms with Crippen molar-refractivity contribution < 1.29 is 1.37 Å². The van der Waals surface area contributed by atoms with Crippen molar-refractivity contribution in [3.63, 3.8) is 0 Å². The van der Waals surface area contributed by atoms with E-state index >= 15 is 0 Å². The van der Waals surface area contributed by atoms with Gasteiger partial charge in [0.2, 0.25) is 0 Å². The molecule has 144 valence electrons. The van der Waals surface area contributed by atoms with Crippen LogP contribution in [0.3, 0.4) is 0 Å². The van der Waals surface area contributed by atoms with E-state index in [2.05, 4.69) is 34.6 Å². The number of hydrogen-bond donors (Lipinski definition) is 0. The van der Waals surface area contributed by atoms with E-state index in [-0.39, 0.29) is 5.89 Å². The molecule has 0 aromatic rings. The van der Waals surface area contributed by atoms with Crippen molar-refractivity contribution in [2.45, 2.75) is 112 Å². The van der Waals surface area contributed by atoms with E-state index < -0.39 is 0 Å². The van der Waals surface area contributed by atoms with Crippen LogP contribution in [0.25, 0.3) is 0 Å². The summed E-state index contributed by atoms with van der Waals surface area (Å²) in [4.78, 5) is 0. The van der Waals surface area contributed by atoms with Crippen molar-refractivity contribution in [1.82, 2.24) is 0 Å². The smallest absolute Gasteiger partial charge is 0.0308 e. The van der Waals surface area contributed by atoms with Gasteiger partial charge in [-0.3, -0.25) is 0 Å². The Morgan fingerprint density at radius 1 is 0.960 bits per heavy atom. The van der Waals surface area contributed by atoms with Crippen LogP contribution in [0.5, 0.6) is 0 Å². The molecule has 4 aliphatic carbocycles. The average Bonchev–Trinajstić information content (AvgIpc) is 3.22. The van der Waals surface area contributed by atoms with Crippen molar-refractivity contribution in [2.75, 3.05) is 0 Å². The minimum Gasteiger partial charge on any atom is -0.0649 e. The summed E-state index contributed by atoms with van der Waals surface area (Å²) in [6.07, 6.45) is 16.7. The van der Waals surface area contributed by atoms with Crippen molar-refractivity contribution in [3.8, 4) is 0 Å². The Hall–Kier alpha value is 0. The van der Waals surface area contributed by atoms with Gasteiger partial charge in [0.05, 0.1) is 0 Å². The van der Waals surface area contributed by atoms with Gasteiger partial charge in [-0.15, -0.1) is 0 Å². The molecule has 4 aliphatic rings. The SMILES string of the molecule is [2H]C1(C2C[C@]3(C)C[C@H]2C(C)(CC2(CC)CCCCC2)C3C)CCCC1C. The molecule has 0 aliphatic heterocycles. The van der Waals surface area contributed by atoms with Gasteiger partial charge in [-0.25, -0.2) is 0 Å². The fourth-order valence-electron chi connectivity index (χ4n) is 8.57. The first-order valence-corrected chi connectivity index (χ1v) is 11.7. The van der Waals surface area contributed by atoms with Crippen LogP contribution in [0.1, 0.15) is 113 Å². The molecule has 0 aromatic carbocycles. The van der Waals surface area contributed by atoms with Gasteiger partial charge in [-0.2, -0.15) is 0 Å². The molecular formula is C25H44. The molecule has 0 amide bonds. The highest BCUT2D eigenvalue weighted by Crippen LogP contribution is 2.73. The van der Waals surface area contributed by atoms with E-state index in [1.165, 1.54) is 77.0 Å². The number of fused-ring (bicyclic) bond motifs is 2. The molecule has 2 bridgehead atoms. The molecule has 0 nitrogen and oxygen atoms in total. The van der Waals surface area contributed by atoms with Gasteiger partial charge >= 0.3 is 0 Å². The van der Waals surface area contributed by atoms with Crippen LogP contribution in [0.15, 0.2) is 0 Å². The van der Waals surface area contributed by atoms with Gasteiger partial charge in [0.1, 0.15) is 0 Å². The summed E-state index contributed by atoms with van der Waals surface area (Å²) < 4.78 is 9.48. The summed E-state index contributed by atoms with van der Waals surface area (Å²) in [5.41, 5.74) is 1.59. The molecule has 0 heteroatoms. The average molecular weight is 346 g/mol. The summed E-state index contributed by atoms with van der Waals surface area (Å²) in [6, 6.07) is 0. The quantitative estimate of drug-likeness (QED) is 0.486. The predicted molar refractivity (Wildman–Crippen MR) is 109 cm³/mol. The fraction of sp³-hybridized carbons (Fsp3) is 1.00. The second-order valence-electron chi connectivity index (χ2n) is 11.5. The number of hydrogen-bond acceptors (Lipinski definition) is 0. The van der Waals surface area contributed by atoms with Crippen LogP contribution < -0.4 is 0 Å². The second-order valence-corrected chi connectivity index (χ2v) is 11.5. The minimum absolute atomic E-state index is 0.115. The first kappa shape index (κ1) is 17.1. The molecule has 7 atom stereocenters. The summed E-state index contributed by atoms with van der Waals surface area (Å²) in [5.74, 6) is 2.82. The van der Waals surface area contributed by atoms with Gasteiger partial charge < -0.3 is 0 Å². The van der Waals surface area contributed by atoms with E-state index in [0.29, 0.717) is 28.1 Å². The molecule has 0 heterocycles. The van der Waals surface area contributed by atoms with E-state index in [4.69, 9.17) is 0 Å². The molecule has 0 saturated heterocycles. The Labute approximate surface area is 159 Å². The van der Waals surface area contributed by atoms with Crippen LogP contribution in [0.2, 0.25) is 0 Å². The van der Waals surface area contributed by atoms with E-state index in [9.17, 15) is 1.37 Å². The van der Waals surface area contributed by atoms with Crippen molar-refractivity contribution in [2.24, 2.45) is 45.8 Å². The standard InChI is InChI=1S/C25H44/c1-6-25(13-8-7-9-14-25)17-24(5)19(3)23(4)15-21(22(24)16-23)20-12-10-11-18(20)2/h18-22H,6-17H2,1-5H3/t18?,19?,20?,21?,22-,23-,24?/m1/s1/i20D. The number of rotatable bonds is 4. The lowest BCUT2D eigenvalue weighted by atomic mass is 9.52. The van der Waals surface area contributed by atoms with Gasteiger partial charge in [0.15, 0.2) is 0 Å². The van der Waals surface area contributed by atoms with Gasteiger partial charge in [-0.1, -0.05) is 73.1 Å². The largest absolute Gasteiger partial charge is 0.0649 e. The Morgan fingerprint density at radius 2 is 1.68 bits per heavy atom. The zero-order valence-electron chi connectivity index (χ0n) is 18.8. The minimum atomic E-state index is -0.115. The van der Waals surface area contributed by atoms with Crippen molar-refractivity contribution in [3.05, 3.63) is 0 Å². The maximum atomic E-state index is 9.48. The maximum absolute atomic E-state index is 9.48. The third-order valence-corrected chi connectivity index (χ3v) is 10.4. The first-order chi connectivity index (χ1) is 12.2. The van der Waals surface area contributed by atoms with Crippen LogP contribution in [0, 0.1) is 45.8 Å². The first-order valence-electron chi connectivity index (χ1n) is 12.2. The zero-order valence-corrected chi connectivity index (χ0v) is 17.8. The van der Waals surface area contributed by atoms with Gasteiger partial charge in [0, 0.05) is 1.37 Å². The lowest BCUT2D eigenvalue weighted by Crippen LogP contribution is -2.45. The predicted octanol–water partition coefficient (Wildman–Crippen LogP) is 7.86. The molecule has 4 fully saturated rings. The summed E-state index contributed by atoms with van der Waals surface area (Å²) in [6.45, 7) is 12.7. The third kappa shape index (κ3) is 2.75. The molecule has 0 N–H and O–H groups in total. The fourth-order valence-corrected chi connectivity index (χ4v) is 8.57. The second kappa shape index (κ2) is 6.27. The van der Waals surface area contributed by atoms with Crippen LogP contribution in [-0.2, 0) is 0 Å². The highest BCUT2D eigenvalue weighted by molar-refractivity contribution is 5.14. The summed E-state index contributed by atoms with van der Waals surface area (Å²) >= 11 is 0. The molecule has 0 spiro atoms. The Balaban J connectivity index is 1.65. The zero-order chi connectivity index (χ0) is 18.8. The molecule has 4 rings (SSSR count). The van der Waals surface area contributed by atoms with Gasteiger partial charge in [-0.05, 0) is 84.3 Å². The summed E-state index contributed by atoms with van der Waals surface area (Å²) in [7, 11) is 0. The Morgan fingerprint density at radius 3 is 2.24 bits per heavy atom. The molecule has 4 saturated carbocycles. The monoisotopic (exact) mass is 345 g/mol. The molecule has 5 unspecified atom stereocenters. The van der Waals surface area contributed by atoms with Crippen molar-refractivity contribution in [1.29, 1.82) is 0 Å². The molecule has 0 aromatic heterocycles. The topological polar surface area (TPSA) is 0 Å². The highest BCUT2D eigenvalue weighted by atomic mass is 14.7. The lowest BCUT2D eigenvalue weighted by Gasteiger charge is -2.53. The maximum Gasteiger partial charge on any atom is 0.0308 e. The third-order valence-electron chi connectivity index (χ3n) is 10.4. The molecule has 25 heavy (non-hydrogen) atoms.